The molecular weight excluding hydrogens is 803 g/mol. The van der Waals surface area contributed by atoms with Crippen LogP contribution in [-0.2, 0) is 47.5 Å². The molecule has 12 heteroatoms. The maximum absolute atomic E-state index is 12.9. The van der Waals surface area contributed by atoms with E-state index < -0.39 is 24.8 Å². The van der Waals surface area contributed by atoms with Gasteiger partial charge in [-0.3, -0.25) is 9.59 Å². The lowest BCUT2D eigenvalue weighted by Gasteiger charge is -2.20. The predicted octanol–water partition coefficient (Wildman–Crippen LogP) is 13.0. The van der Waals surface area contributed by atoms with Gasteiger partial charge in [-0.25, -0.2) is 4.79 Å². The van der Waals surface area contributed by atoms with E-state index in [1.54, 1.807) is 0 Å². The number of carbonyl (C=O) groups excluding carboxylic acids is 3. The highest BCUT2D eigenvalue weighted by molar-refractivity contribution is 5.69. The number of rotatable bonds is 49. The Morgan fingerprint density at radius 3 is 1.05 bits per heavy atom. The molecule has 0 aliphatic rings. The molecule has 12 nitrogen and oxygen atoms in total. The van der Waals surface area contributed by atoms with E-state index in [1.807, 2.05) is 19.0 Å². The van der Waals surface area contributed by atoms with Crippen LogP contribution in [0.4, 0.5) is 4.79 Å². The summed E-state index contributed by atoms with van der Waals surface area (Å²) in [5, 5.41) is 0. The summed E-state index contributed by atoms with van der Waals surface area (Å²) in [5.41, 5.74) is 0. The summed E-state index contributed by atoms with van der Waals surface area (Å²) in [5.74, 6) is -0.732. The summed E-state index contributed by atoms with van der Waals surface area (Å²) in [6.45, 7) is 12.4. The molecule has 0 aromatic heterocycles. The van der Waals surface area contributed by atoms with Crippen LogP contribution in [0.1, 0.15) is 227 Å². The third kappa shape index (κ3) is 45.0. The van der Waals surface area contributed by atoms with Crippen LogP contribution in [0.5, 0.6) is 0 Å². The van der Waals surface area contributed by atoms with Crippen molar-refractivity contribution in [3.05, 3.63) is 0 Å². The van der Waals surface area contributed by atoms with Gasteiger partial charge in [-0.1, -0.05) is 156 Å². The fourth-order valence-electron chi connectivity index (χ4n) is 7.01. The minimum absolute atomic E-state index is 0.0425. The lowest BCUT2D eigenvalue weighted by Crippen LogP contribution is -2.25. The summed E-state index contributed by atoms with van der Waals surface area (Å²) in [6, 6.07) is 0. The zero-order valence-corrected chi connectivity index (χ0v) is 41.7. The smallest absolute Gasteiger partial charge is 0.466 e. The molecule has 0 saturated heterocycles. The highest BCUT2D eigenvalue weighted by Crippen LogP contribution is 2.15. The molecule has 0 atom stereocenters. The first-order valence-corrected chi connectivity index (χ1v) is 26.0. The maximum atomic E-state index is 12.9. The quantitative estimate of drug-likeness (QED) is 0.0249. The molecule has 0 radical (unpaired) electrons. The number of carbonyl (C=O) groups is 3. The van der Waals surface area contributed by atoms with Crippen molar-refractivity contribution in [2.24, 2.45) is 0 Å². The highest BCUT2D eigenvalue weighted by atomic mass is 16.7. The van der Waals surface area contributed by atoms with E-state index >= 15 is 0 Å². The zero-order valence-electron chi connectivity index (χ0n) is 41.7. The molecule has 374 valence electrons. The van der Waals surface area contributed by atoms with Crippen LogP contribution >= 0.6 is 0 Å². The third-order valence-electron chi connectivity index (χ3n) is 11.0. The van der Waals surface area contributed by atoms with Crippen LogP contribution in [0.15, 0.2) is 0 Å². The molecule has 0 aliphatic carbocycles. The number of hydrogen-bond acceptors (Lipinski definition) is 12. The Bertz CT molecular complexity index is 902. The second-order valence-electron chi connectivity index (χ2n) is 17.5. The average molecular weight is 902 g/mol. The Kier molecular flexibility index (Phi) is 46.4. The van der Waals surface area contributed by atoms with Gasteiger partial charge in [-0.15, -0.1) is 0 Å². The van der Waals surface area contributed by atoms with E-state index in [0.29, 0.717) is 45.7 Å². The van der Waals surface area contributed by atoms with Crippen LogP contribution < -0.4 is 0 Å². The number of esters is 2. The zero-order chi connectivity index (χ0) is 46.3. The van der Waals surface area contributed by atoms with E-state index in [1.165, 1.54) is 103 Å². The number of nitrogens with zero attached hydrogens (tertiary/aromatic N) is 1. The van der Waals surface area contributed by atoms with Crippen molar-refractivity contribution in [3.63, 3.8) is 0 Å². The topological polar surface area (TPSA) is 128 Å². The first-order valence-electron chi connectivity index (χ1n) is 26.0. The first kappa shape index (κ1) is 61.0. The van der Waals surface area contributed by atoms with E-state index in [2.05, 4.69) is 27.7 Å². The second-order valence-corrected chi connectivity index (χ2v) is 17.5. The minimum atomic E-state index is -0.794. The van der Waals surface area contributed by atoms with Gasteiger partial charge >= 0.3 is 18.1 Å². The highest BCUT2D eigenvalue weighted by Gasteiger charge is 2.20. The van der Waals surface area contributed by atoms with Gasteiger partial charge in [-0.2, -0.15) is 0 Å². The van der Waals surface area contributed by atoms with Crippen LogP contribution in [0.25, 0.3) is 0 Å². The largest absolute Gasteiger partial charge is 0.508 e. The van der Waals surface area contributed by atoms with Gasteiger partial charge in [-0.05, 0) is 46.2 Å². The first-order chi connectivity index (χ1) is 30.7. The van der Waals surface area contributed by atoms with Crippen molar-refractivity contribution in [2.75, 3.05) is 66.9 Å². The lowest BCUT2D eigenvalue weighted by atomic mass is 10.1. The summed E-state index contributed by atoms with van der Waals surface area (Å²) < 4.78 is 46.5. The molecule has 0 saturated carbocycles. The summed E-state index contributed by atoms with van der Waals surface area (Å²) >= 11 is 0. The van der Waals surface area contributed by atoms with Crippen molar-refractivity contribution < 1.29 is 52.3 Å². The SMILES string of the molecule is CCCCCCCCOC(CCC(=O)OCCC(CCOC(=O)CCC(OCCCCCCCC)OCCCCCCCC)OC(=O)OCCCN(C)C)OCCCCCCCC. The maximum Gasteiger partial charge on any atom is 0.508 e. The molecular formula is C51H99NO11. The van der Waals surface area contributed by atoms with Crippen molar-refractivity contribution in [2.45, 2.75) is 245 Å². The molecule has 0 unspecified atom stereocenters. The van der Waals surface area contributed by atoms with Gasteiger partial charge in [0, 0.05) is 58.7 Å². The molecule has 0 heterocycles. The fourth-order valence-corrected chi connectivity index (χ4v) is 7.01. The van der Waals surface area contributed by atoms with Gasteiger partial charge in [0.05, 0.1) is 32.7 Å². The standard InChI is InChI=1S/C51H99NO11/c1-7-11-15-19-23-27-39-58-49(59-40-28-24-20-16-12-8-2)34-32-47(53)56-44-36-46(63-51(55)62-43-31-38-52(5)6)37-45-57-48(54)33-35-50(60-41-29-25-21-17-13-9-3)61-42-30-26-22-18-14-10-4/h46,49-50H,7-45H2,1-6H3. The Morgan fingerprint density at radius 2 is 0.714 bits per heavy atom. The fraction of sp³-hybridized carbons (Fsp3) is 0.941. The van der Waals surface area contributed by atoms with Crippen molar-refractivity contribution >= 4 is 18.1 Å². The molecule has 0 amide bonds. The van der Waals surface area contributed by atoms with Crippen molar-refractivity contribution in [1.29, 1.82) is 0 Å². The molecule has 63 heavy (non-hydrogen) atoms. The Hall–Kier alpha value is -1.99. The van der Waals surface area contributed by atoms with Gasteiger partial charge < -0.3 is 42.8 Å². The third-order valence-corrected chi connectivity index (χ3v) is 11.0. The van der Waals surface area contributed by atoms with Crippen LogP contribution in [0.2, 0.25) is 0 Å². The van der Waals surface area contributed by atoms with Crippen molar-refractivity contribution in [1.82, 2.24) is 4.90 Å². The van der Waals surface area contributed by atoms with Gasteiger partial charge in [0.2, 0.25) is 0 Å². The van der Waals surface area contributed by atoms with Crippen LogP contribution in [0, 0.1) is 0 Å². The number of unbranched alkanes of at least 4 members (excludes halogenated alkanes) is 20. The molecule has 0 bridgehead atoms. The number of hydrogen-bond donors (Lipinski definition) is 0. The van der Waals surface area contributed by atoms with E-state index in [9.17, 15) is 14.4 Å². The average Bonchev–Trinajstić information content (AvgIpc) is 3.26. The molecule has 0 rings (SSSR count). The molecule has 0 aromatic rings. The minimum Gasteiger partial charge on any atom is -0.466 e. The van der Waals surface area contributed by atoms with E-state index in [-0.39, 0.29) is 57.4 Å². The second kappa shape index (κ2) is 48.0. The Balaban J connectivity index is 5.08. The summed E-state index contributed by atoms with van der Waals surface area (Å²) in [7, 11) is 3.91. The molecule has 0 aromatic carbocycles. The summed E-state index contributed by atoms with van der Waals surface area (Å²) in [6.07, 6.45) is 28.1. The lowest BCUT2D eigenvalue weighted by molar-refractivity contribution is -0.160. The van der Waals surface area contributed by atoms with E-state index in [0.717, 1.165) is 57.9 Å². The summed E-state index contributed by atoms with van der Waals surface area (Å²) in [4.78, 5) is 40.4. The van der Waals surface area contributed by atoms with Gasteiger partial charge in [0.15, 0.2) is 12.6 Å². The van der Waals surface area contributed by atoms with Crippen LogP contribution in [-0.4, -0.2) is 109 Å². The van der Waals surface area contributed by atoms with Gasteiger partial charge in [0.25, 0.3) is 0 Å². The predicted molar refractivity (Wildman–Crippen MR) is 254 cm³/mol. The monoisotopic (exact) mass is 902 g/mol. The van der Waals surface area contributed by atoms with Crippen LogP contribution in [0.3, 0.4) is 0 Å². The Labute approximate surface area is 386 Å². The van der Waals surface area contributed by atoms with Crippen molar-refractivity contribution in [3.8, 4) is 0 Å². The molecule has 0 fully saturated rings. The molecule has 0 spiro atoms. The Morgan fingerprint density at radius 1 is 0.381 bits per heavy atom. The number of ether oxygens (including phenoxy) is 8. The molecule has 0 aliphatic heterocycles. The van der Waals surface area contributed by atoms with E-state index in [4.69, 9.17) is 37.9 Å². The normalized spacial score (nSPS) is 11.7. The molecule has 0 N–H and O–H groups in total. The van der Waals surface area contributed by atoms with Gasteiger partial charge in [0.1, 0.15) is 6.10 Å².